The molecular formula is C21H20F2N6O2. The number of benzene rings is 1. The number of ether oxygens (including phenoxy) is 1. The highest BCUT2D eigenvalue weighted by molar-refractivity contribution is 5.93. The molecule has 8 nitrogen and oxygen atoms in total. The Balaban J connectivity index is 1.36. The molecule has 10 heteroatoms. The second kappa shape index (κ2) is 8.50. The van der Waals surface area contributed by atoms with Crippen LogP contribution in [-0.4, -0.2) is 50.9 Å². The largest absolute Gasteiger partial charge is 0.478 e. The first-order valence-electron chi connectivity index (χ1n) is 9.58. The number of pyridine rings is 1. The fourth-order valence-electron chi connectivity index (χ4n) is 3.40. The van der Waals surface area contributed by atoms with E-state index in [0.717, 1.165) is 4.57 Å². The third-order valence-corrected chi connectivity index (χ3v) is 4.92. The van der Waals surface area contributed by atoms with Crippen molar-refractivity contribution in [3.05, 3.63) is 66.3 Å². The molecule has 0 aliphatic carbocycles. The predicted molar refractivity (Wildman–Crippen MR) is 110 cm³/mol. The zero-order chi connectivity index (χ0) is 22.0. The Bertz CT molecular complexity index is 1140. The lowest BCUT2D eigenvalue weighted by atomic mass is 10.0. The van der Waals surface area contributed by atoms with E-state index in [0.29, 0.717) is 29.8 Å². The van der Waals surface area contributed by atoms with Crippen molar-refractivity contribution in [2.75, 3.05) is 19.7 Å². The maximum Gasteiger partial charge on any atom is 0.296 e. The van der Waals surface area contributed by atoms with Crippen molar-refractivity contribution in [2.24, 2.45) is 11.7 Å². The van der Waals surface area contributed by atoms with Gasteiger partial charge in [0.25, 0.3) is 12.3 Å². The second-order valence-electron chi connectivity index (χ2n) is 7.13. The number of para-hydroxylation sites is 2. The second-order valence-corrected chi connectivity index (χ2v) is 7.13. The smallest absolute Gasteiger partial charge is 0.296 e. The molecule has 4 rings (SSSR count). The van der Waals surface area contributed by atoms with Crippen LogP contribution in [0, 0.1) is 11.3 Å². The Morgan fingerprint density at radius 2 is 2.00 bits per heavy atom. The van der Waals surface area contributed by atoms with E-state index in [1.807, 2.05) is 0 Å². The number of rotatable bonds is 6. The number of nitrogens with zero attached hydrogens (tertiary/aromatic N) is 4. The number of aromatic nitrogens is 3. The topological polar surface area (TPSA) is 110 Å². The quantitative estimate of drug-likeness (QED) is 0.465. The lowest BCUT2D eigenvalue weighted by molar-refractivity contribution is 0.0374. The summed E-state index contributed by atoms with van der Waals surface area (Å²) in [6.07, 6.45) is -0.0866. The van der Waals surface area contributed by atoms with E-state index in [1.54, 1.807) is 53.6 Å². The number of amides is 1. The number of fused-ring (bicyclic) bond motifs is 1. The van der Waals surface area contributed by atoms with Crippen molar-refractivity contribution in [3.8, 4) is 0 Å². The number of likely N-dealkylation sites (tertiary alicyclic amines) is 1. The molecule has 0 radical (unpaired) electrons. The number of carbonyl (C=O) groups is 1. The first-order valence-corrected chi connectivity index (χ1v) is 9.58. The van der Waals surface area contributed by atoms with Gasteiger partial charge in [0.05, 0.1) is 17.6 Å². The van der Waals surface area contributed by atoms with Gasteiger partial charge in [0.1, 0.15) is 11.5 Å². The molecule has 1 aliphatic heterocycles. The van der Waals surface area contributed by atoms with Gasteiger partial charge in [-0.25, -0.2) is 13.8 Å². The third-order valence-electron chi connectivity index (χ3n) is 4.92. The van der Waals surface area contributed by atoms with Gasteiger partial charge in [-0.1, -0.05) is 18.2 Å². The summed E-state index contributed by atoms with van der Waals surface area (Å²) in [5.74, 6) is -0.930. The number of nitrogens with two attached hydrogens (primary N) is 1. The number of imidazole rings is 1. The van der Waals surface area contributed by atoms with Gasteiger partial charge in [-0.15, -0.1) is 0 Å². The van der Waals surface area contributed by atoms with Crippen molar-refractivity contribution >= 4 is 28.7 Å². The number of hydrogen-bond acceptors (Lipinski definition) is 6. The zero-order valence-corrected chi connectivity index (χ0v) is 16.4. The van der Waals surface area contributed by atoms with Crippen LogP contribution in [0.5, 0.6) is 0 Å². The number of halogens is 2. The van der Waals surface area contributed by atoms with Crippen LogP contribution in [0.1, 0.15) is 22.7 Å². The van der Waals surface area contributed by atoms with Gasteiger partial charge in [0, 0.05) is 31.3 Å². The van der Waals surface area contributed by atoms with E-state index >= 15 is 0 Å². The van der Waals surface area contributed by atoms with Crippen LogP contribution in [0.4, 0.5) is 8.78 Å². The molecule has 0 spiro atoms. The zero-order valence-electron chi connectivity index (χ0n) is 16.4. The number of nitrogens with one attached hydrogen (secondary N) is 1. The molecular weight excluding hydrogens is 406 g/mol. The molecule has 0 atom stereocenters. The van der Waals surface area contributed by atoms with Crippen molar-refractivity contribution in [3.63, 3.8) is 0 Å². The summed E-state index contributed by atoms with van der Waals surface area (Å²) in [6.45, 7) is 1.19. The molecule has 1 aromatic carbocycles. The molecule has 0 saturated carbocycles. The maximum absolute atomic E-state index is 13.4. The van der Waals surface area contributed by atoms with Crippen LogP contribution in [-0.2, 0) is 4.74 Å². The Morgan fingerprint density at radius 3 is 2.71 bits per heavy atom. The van der Waals surface area contributed by atoms with Gasteiger partial charge in [0.2, 0.25) is 5.90 Å². The Hall–Kier alpha value is -3.82. The van der Waals surface area contributed by atoms with Crippen LogP contribution in [0.2, 0.25) is 0 Å². The van der Waals surface area contributed by atoms with E-state index < -0.39 is 12.2 Å². The molecule has 0 bridgehead atoms. The highest BCUT2D eigenvalue weighted by Crippen LogP contribution is 2.26. The van der Waals surface area contributed by atoms with Gasteiger partial charge in [-0.3, -0.25) is 19.8 Å². The normalized spacial score (nSPS) is 14.7. The Morgan fingerprint density at radius 1 is 1.26 bits per heavy atom. The van der Waals surface area contributed by atoms with Gasteiger partial charge < -0.3 is 15.4 Å². The van der Waals surface area contributed by atoms with Crippen LogP contribution in [0.3, 0.4) is 0 Å². The fourth-order valence-corrected chi connectivity index (χ4v) is 3.40. The summed E-state index contributed by atoms with van der Waals surface area (Å²) in [4.78, 5) is 21.9. The summed E-state index contributed by atoms with van der Waals surface area (Å²) in [7, 11) is 0. The molecule has 0 unspecified atom stereocenters. The van der Waals surface area contributed by atoms with Crippen LogP contribution in [0.15, 0.2) is 54.7 Å². The van der Waals surface area contributed by atoms with Gasteiger partial charge in [0.15, 0.2) is 5.82 Å². The molecule has 1 aliphatic rings. The SMILES string of the molecule is N=C(/C=C(\N)n1c(C(F)F)nc2ccccc21)OCC1CN(C(=O)c2ccccn2)C1. The van der Waals surface area contributed by atoms with Crippen molar-refractivity contribution in [1.82, 2.24) is 19.4 Å². The lowest BCUT2D eigenvalue weighted by Gasteiger charge is -2.38. The van der Waals surface area contributed by atoms with Gasteiger partial charge in [-0.2, -0.15) is 0 Å². The molecule has 3 heterocycles. The predicted octanol–water partition coefficient (Wildman–Crippen LogP) is 2.89. The van der Waals surface area contributed by atoms with Crippen LogP contribution in [0.25, 0.3) is 16.9 Å². The lowest BCUT2D eigenvalue weighted by Crippen LogP contribution is -2.52. The monoisotopic (exact) mass is 426 g/mol. The Kier molecular flexibility index (Phi) is 5.61. The first-order chi connectivity index (χ1) is 14.9. The minimum Gasteiger partial charge on any atom is -0.478 e. The maximum atomic E-state index is 13.4. The van der Waals surface area contributed by atoms with E-state index in [9.17, 15) is 13.6 Å². The Labute approximate surface area is 176 Å². The van der Waals surface area contributed by atoms with Gasteiger partial charge in [-0.05, 0) is 24.3 Å². The van der Waals surface area contributed by atoms with Crippen molar-refractivity contribution in [2.45, 2.75) is 6.43 Å². The summed E-state index contributed by atoms with van der Waals surface area (Å²) in [6, 6.07) is 11.8. The van der Waals surface area contributed by atoms with E-state index in [1.165, 1.54) is 6.08 Å². The highest BCUT2D eigenvalue weighted by atomic mass is 19.3. The minimum atomic E-state index is -2.83. The van der Waals surface area contributed by atoms with E-state index in [-0.39, 0.29) is 30.2 Å². The molecule has 1 fully saturated rings. The van der Waals surface area contributed by atoms with E-state index in [2.05, 4.69) is 9.97 Å². The summed E-state index contributed by atoms with van der Waals surface area (Å²) < 4.78 is 33.3. The van der Waals surface area contributed by atoms with Crippen molar-refractivity contribution < 1.29 is 18.3 Å². The highest BCUT2D eigenvalue weighted by Gasteiger charge is 2.32. The molecule has 1 saturated heterocycles. The average molecular weight is 426 g/mol. The summed E-state index contributed by atoms with van der Waals surface area (Å²) >= 11 is 0. The molecule has 31 heavy (non-hydrogen) atoms. The number of hydrogen-bond donors (Lipinski definition) is 2. The van der Waals surface area contributed by atoms with Crippen LogP contribution < -0.4 is 5.73 Å². The number of alkyl halides is 2. The summed E-state index contributed by atoms with van der Waals surface area (Å²) in [5.41, 5.74) is 7.18. The minimum absolute atomic E-state index is 0.0633. The molecule has 2 aromatic heterocycles. The van der Waals surface area contributed by atoms with Crippen LogP contribution >= 0.6 is 0 Å². The van der Waals surface area contributed by atoms with Crippen molar-refractivity contribution in [1.29, 1.82) is 5.41 Å². The third kappa shape index (κ3) is 4.23. The standard InChI is InChI=1S/C21H20F2N6O2/c22-19(23)20-27-14-5-1-2-7-16(14)29(20)17(24)9-18(25)31-12-13-10-28(11-13)21(30)15-6-3-4-8-26-15/h1-9,13,19,25H,10-12,24H2/b17-9+,25-18?. The molecule has 3 aromatic rings. The van der Waals surface area contributed by atoms with Gasteiger partial charge >= 0.3 is 0 Å². The fraction of sp³-hybridized carbons (Fsp3) is 0.238. The van der Waals surface area contributed by atoms with E-state index in [4.69, 9.17) is 15.9 Å². The number of carbonyl (C=O) groups excluding carboxylic acids is 1. The molecule has 160 valence electrons. The first kappa shape index (κ1) is 20.5. The summed E-state index contributed by atoms with van der Waals surface area (Å²) in [5, 5.41) is 7.98. The molecule has 1 amide bonds. The molecule has 3 N–H and O–H groups in total. The average Bonchev–Trinajstić information content (AvgIpc) is 3.13.